The fraction of sp³-hybridized carbons (Fsp3) is 0.0303. The molecule has 3 nitrogen and oxygen atoms in total. The van der Waals surface area contributed by atoms with Crippen LogP contribution in [0.3, 0.4) is 0 Å². The highest BCUT2D eigenvalue weighted by Gasteiger charge is 2.37. The first-order chi connectivity index (χ1) is 35.0. The first kappa shape index (κ1) is 41.5. The van der Waals surface area contributed by atoms with Crippen LogP contribution in [-0.4, -0.2) is 8.07 Å². The van der Waals surface area contributed by atoms with E-state index in [1.165, 1.54) is 69.3 Å². The molecular formula is C66H46N2OSSi. The predicted molar refractivity (Wildman–Crippen MR) is 307 cm³/mol. The topological polar surface area (TPSA) is 19.6 Å². The highest BCUT2D eigenvalue weighted by Crippen LogP contribution is 2.50. The fourth-order valence-electron chi connectivity index (χ4n) is 11.5. The van der Waals surface area contributed by atoms with Gasteiger partial charge < -0.3 is 14.2 Å². The predicted octanol–water partition coefficient (Wildman–Crippen LogP) is 18.2. The number of hydrogen-bond acceptors (Lipinski definition) is 4. The summed E-state index contributed by atoms with van der Waals surface area (Å²) in [6.07, 6.45) is 0. The van der Waals surface area contributed by atoms with Gasteiger partial charge in [-0.15, -0.1) is 11.3 Å². The van der Waals surface area contributed by atoms with E-state index in [1.807, 2.05) is 11.3 Å². The average molecular weight is 943 g/mol. The zero-order valence-corrected chi connectivity index (χ0v) is 41.1. The first-order valence-electron chi connectivity index (χ1n) is 24.4. The molecule has 14 rings (SSSR count). The number of fused-ring (bicyclic) bond motifs is 8. The molecule has 1 aliphatic heterocycles. The molecule has 0 N–H and O–H groups in total. The van der Waals surface area contributed by atoms with Crippen molar-refractivity contribution in [3.8, 4) is 33.4 Å². The Hall–Kier alpha value is -8.48. The maximum Gasteiger partial charge on any atom is 0.159 e. The Bertz CT molecular complexity index is 4230. The summed E-state index contributed by atoms with van der Waals surface area (Å²) in [5, 5.41) is 10.3. The normalized spacial score (nSPS) is 12.8. The molecule has 3 heterocycles. The molecule has 13 aromatic rings. The van der Waals surface area contributed by atoms with Gasteiger partial charge in [-0.3, -0.25) is 0 Å². The van der Waals surface area contributed by atoms with E-state index in [1.54, 1.807) is 0 Å². The first-order valence-corrected chi connectivity index (χ1v) is 28.2. The van der Waals surface area contributed by atoms with Gasteiger partial charge in [0.25, 0.3) is 0 Å². The second-order valence-corrected chi connectivity index (χ2v) is 24.6. The molecular weight excluding hydrogens is 897 g/mol. The molecule has 71 heavy (non-hydrogen) atoms. The molecule has 0 aliphatic carbocycles. The Morgan fingerprint density at radius 1 is 0.352 bits per heavy atom. The summed E-state index contributed by atoms with van der Waals surface area (Å²) in [7, 11) is -2.40. The molecule has 336 valence electrons. The molecule has 0 atom stereocenters. The largest absolute Gasteiger partial charge is 0.454 e. The third kappa shape index (κ3) is 6.54. The smallest absolute Gasteiger partial charge is 0.159 e. The summed E-state index contributed by atoms with van der Waals surface area (Å²) < 4.78 is 9.42. The zero-order valence-electron chi connectivity index (χ0n) is 39.3. The molecule has 0 saturated carbocycles. The quantitative estimate of drug-likeness (QED) is 0.142. The summed E-state index contributed by atoms with van der Waals surface area (Å²) >= 11 is 1.86. The van der Waals surface area contributed by atoms with Crippen LogP contribution in [0.15, 0.2) is 247 Å². The maximum atomic E-state index is 6.82. The third-order valence-corrected chi connectivity index (χ3v) is 19.5. The van der Waals surface area contributed by atoms with Crippen molar-refractivity contribution in [2.75, 3.05) is 9.80 Å². The number of thiophene rings is 1. The molecule has 5 heteroatoms. The van der Waals surface area contributed by atoms with E-state index >= 15 is 0 Å². The third-order valence-electron chi connectivity index (χ3n) is 14.9. The van der Waals surface area contributed by atoms with Gasteiger partial charge in [0.2, 0.25) is 0 Å². The summed E-state index contributed by atoms with van der Waals surface area (Å²) in [5.74, 6) is 0. The lowest BCUT2D eigenvalue weighted by Gasteiger charge is -2.37. The number of hydrogen-bond donors (Lipinski definition) is 0. The van der Waals surface area contributed by atoms with Gasteiger partial charge in [0.15, 0.2) is 5.58 Å². The number of para-hydroxylation sites is 4. The minimum absolute atomic E-state index is 0.873. The van der Waals surface area contributed by atoms with Crippen LogP contribution < -0.4 is 20.2 Å². The maximum absolute atomic E-state index is 6.82. The number of anilines is 6. The lowest BCUT2D eigenvalue weighted by Crippen LogP contribution is -2.56. The highest BCUT2D eigenvalue weighted by molar-refractivity contribution is 7.25. The number of furan rings is 1. The SMILES string of the molecule is C[Si]1(C)c2cc(N(c3ccccc3-c3ccccc3)c3cccc4c3oc3ccccc34)ccc2-c2ccc(N(c3ccc4sc5ccccc5c4c3)c3ccccc3-c3ccccc3)c3cccc1c23. The summed E-state index contributed by atoms with van der Waals surface area (Å²) in [6.45, 7) is 5.08. The van der Waals surface area contributed by atoms with Crippen LogP contribution in [0, 0.1) is 0 Å². The van der Waals surface area contributed by atoms with Crippen LogP contribution in [-0.2, 0) is 0 Å². The van der Waals surface area contributed by atoms with Gasteiger partial charge in [-0.1, -0.05) is 189 Å². The van der Waals surface area contributed by atoms with Crippen molar-refractivity contribution in [3.63, 3.8) is 0 Å². The molecule has 11 aromatic carbocycles. The van der Waals surface area contributed by atoms with Crippen LogP contribution in [0.5, 0.6) is 0 Å². The lowest BCUT2D eigenvalue weighted by molar-refractivity contribution is 0.669. The molecule has 0 saturated heterocycles. The Morgan fingerprint density at radius 2 is 0.901 bits per heavy atom. The van der Waals surface area contributed by atoms with Gasteiger partial charge in [-0.2, -0.15) is 0 Å². The molecule has 0 amide bonds. The van der Waals surface area contributed by atoms with Gasteiger partial charge in [0.05, 0.1) is 22.7 Å². The molecule has 2 aromatic heterocycles. The van der Waals surface area contributed by atoms with E-state index < -0.39 is 8.07 Å². The van der Waals surface area contributed by atoms with E-state index in [4.69, 9.17) is 4.42 Å². The van der Waals surface area contributed by atoms with E-state index in [-0.39, 0.29) is 0 Å². The van der Waals surface area contributed by atoms with E-state index in [9.17, 15) is 0 Å². The van der Waals surface area contributed by atoms with Crippen molar-refractivity contribution in [2.45, 2.75) is 13.1 Å². The molecule has 0 spiro atoms. The molecule has 1 aliphatic rings. The lowest BCUT2D eigenvalue weighted by atomic mass is 9.94. The Morgan fingerprint density at radius 3 is 1.66 bits per heavy atom. The van der Waals surface area contributed by atoms with E-state index in [0.717, 1.165) is 61.5 Å². The zero-order chi connectivity index (χ0) is 47.2. The van der Waals surface area contributed by atoms with E-state index in [0.29, 0.717) is 0 Å². The number of benzene rings is 11. The summed E-state index contributed by atoms with van der Waals surface area (Å²) in [6, 6.07) is 89.1. The van der Waals surface area contributed by atoms with Crippen molar-refractivity contribution >= 4 is 117 Å². The monoisotopic (exact) mass is 942 g/mol. The summed E-state index contributed by atoms with van der Waals surface area (Å²) in [5.41, 5.74) is 15.7. The van der Waals surface area contributed by atoms with Crippen LogP contribution in [0.25, 0.3) is 86.3 Å². The fourth-order valence-corrected chi connectivity index (χ4v) is 15.7. The van der Waals surface area contributed by atoms with Gasteiger partial charge >= 0.3 is 0 Å². The molecule has 0 fully saturated rings. The molecule has 0 radical (unpaired) electrons. The number of nitrogens with zero attached hydrogens (tertiary/aromatic N) is 2. The standard InChI is InChI=1S/C66H46N2OSSi/c1-71(2)63-34-18-28-54-58(67(56-29-13-9-23-47(56)43-19-5-3-6-20-43)45-36-40-62-55(41-45)50-26-12-16-33-61(50)70-62)39-38-52(65(54)63)51-37-35-46(42-64(51)71)68(57-30-14-10-24-48(57)44-21-7-4-8-22-44)59-31-17-27-53-49-25-11-15-32-60(49)69-66(53)59/h3-42H,1-2H3. The van der Waals surface area contributed by atoms with Crippen molar-refractivity contribution in [1.29, 1.82) is 0 Å². The van der Waals surface area contributed by atoms with Crippen LogP contribution in [0.4, 0.5) is 34.1 Å². The van der Waals surface area contributed by atoms with Crippen LogP contribution >= 0.6 is 11.3 Å². The second-order valence-electron chi connectivity index (χ2n) is 19.2. The summed E-state index contributed by atoms with van der Waals surface area (Å²) in [4.78, 5) is 4.96. The van der Waals surface area contributed by atoms with Gasteiger partial charge in [-0.25, -0.2) is 0 Å². The van der Waals surface area contributed by atoms with Crippen LogP contribution in [0.2, 0.25) is 13.1 Å². The Labute approximate surface area is 417 Å². The Kier molecular flexibility index (Phi) is 9.53. The van der Waals surface area contributed by atoms with Gasteiger partial charge in [0.1, 0.15) is 13.7 Å². The minimum atomic E-state index is -2.40. The van der Waals surface area contributed by atoms with Gasteiger partial charge in [0, 0.05) is 58.8 Å². The molecule has 0 unspecified atom stereocenters. The number of rotatable bonds is 8. The average Bonchev–Trinajstić information content (AvgIpc) is 4.00. The van der Waals surface area contributed by atoms with E-state index in [2.05, 4.69) is 266 Å². The van der Waals surface area contributed by atoms with Crippen molar-refractivity contribution in [2.24, 2.45) is 0 Å². The van der Waals surface area contributed by atoms with Crippen LogP contribution in [0.1, 0.15) is 0 Å². The highest BCUT2D eigenvalue weighted by atomic mass is 32.1. The van der Waals surface area contributed by atoms with Crippen molar-refractivity contribution in [3.05, 3.63) is 243 Å². The second kappa shape index (κ2) is 16.3. The Balaban J connectivity index is 0.985. The van der Waals surface area contributed by atoms with Crippen molar-refractivity contribution in [1.82, 2.24) is 0 Å². The minimum Gasteiger partial charge on any atom is -0.454 e. The van der Waals surface area contributed by atoms with Crippen molar-refractivity contribution < 1.29 is 4.42 Å². The van der Waals surface area contributed by atoms with Gasteiger partial charge in [-0.05, 0) is 105 Å². The molecule has 0 bridgehead atoms.